The van der Waals surface area contributed by atoms with E-state index < -0.39 is 10.2 Å². The Morgan fingerprint density at radius 2 is 1.88 bits per heavy atom. The molecule has 1 aromatic carbocycles. The lowest BCUT2D eigenvalue weighted by atomic mass is 10.2. The van der Waals surface area contributed by atoms with E-state index in [-0.39, 0.29) is 6.61 Å². The Morgan fingerprint density at radius 3 is 2.35 bits per heavy atom. The fraction of sp³-hybridized carbons (Fsp3) is 0.273. The van der Waals surface area contributed by atoms with Crippen molar-refractivity contribution in [2.45, 2.75) is 0 Å². The molecule has 6 heteroatoms. The smallest absolute Gasteiger partial charge is 0.301 e. The van der Waals surface area contributed by atoms with Gasteiger partial charge in [0.25, 0.3) is 0 Å². The van der Waals surface area contributed by atoms with Crippen LogP contribution in [-0.4, -0.2) is 38.5 Å². The molecule has 0 aromatic heterocycles. The predicted molar refractivity (Wildman–Crippen MR) is 66.6 cm³/mol. The van der Waals surface area contributed by atoms with E-state index in [0.717, 1.165) is 4.31 Å². The van der Waals surface area contributed by atoms with Gasteiger partial charge in [0.2, 0.25) is 0 Å². The molecular weight excluding hydrogens is 240 g/mol. The molecule has 0 spiro atoms. The maximum absolute atomic E-state index is 11.5. The van der Waals surface area contributed by atoms with E-state index in [2.05, 4.69) is 16.6 Å². The summed E-state index contributed by atoms with van der Waals surface area (Å²) in [7, 11) is -0.578. The molecule has 0 saturated carbocycles. The second kappa shape index (κ2) is 5.68. The number of aliphatic hydroxyl groups is 1. The maximum atomic E-state index is 11.5. The highest BCUT2D eigenvalue weighted by Gasteiger charge is 2.12. The Balaban J connectivity index is 2.83. The van der Waals surface area contributed by atoms with E-state index >= 15 is 0 Å². The molecule has 5 nitrogen and oxygen atoms in total. The van der Waals surface area contributed by atoms with E-state index in [1.54, 1.807) is 24.3 Å². The van der Waals surface area contributed by atoms with Crippen molar-refractivity contribution in [3.63, 3.8) is 0 Å². The van der Waals surface area contributed by atoms with Crippen molar-refractivity contribution in [2.75, 3.05) is 25.4 Å². The van der Waals surface area contributed by atoms with E-state index in [1.807, 2.05) is 0 Å². The molecule has 0 amide bonds. The number of nitrogens with zero attached hydrogens (tertiary/aromatic N) is 1. The predicted octanol–water partition coefficient (Wildman–Crippen LogP) is 0.249. The molecule has 0 aliphatic rings. The van der Waals surface area contributed by atoms with Crippen molar-refractivity contribution in [1.82, 2.24) is 4.31 Å². The molecule has 0 heterocycles. The first-order valence-electron chi connectivity index (χ1n) is 4.86. The van der Waals surface area contributed by atoms with Gasteiger partial charge in [0, 0.05) is 25.3 Å². The topological polar surface area (TPSA) is 69.6 Å². The lowest BCUT2D eigenvalue weighted by molar-refractivity contribution is 0.350. The van der Waals surface area contributed by atoms with E-state index in [0.29, 0.717) is 11.3 Å². The van der Waals surface area contributed by atoms with Crippen molar-refractivity contribution in [3.8, 4) is 11.8 Å². The highest BCUT2D eigenvalue weighted by molar-refractivity contribution is 7.90. The van der Waals surface area contributed by atoms with Crippen molar-refractivity contribution in [2.24, 2.45) is 0 Å². The minimum atomic E-state index is -3.47. The summed E-state index contributed by atoms with van der Waals surface area (Å²) < 4.78 is 26.5. The lowest BCUT2D eigenvalue weighted by Gasteiger charge is -2.13. The number of benzene rings is 1. The van der Waals surface area contributed by atoms with Crippen LogP contribution in [0.15, 0.2) is 24.3 Å². The van der Waals surface area contributed by atoms with Crippen molar-refractivity contribution >= 4 is 15.9 Å². The van der Waals surface area contributed by atoms with Crippen LogP contribution in [0, 0.1) is 11.8 Å². The molecule has 0 bridgehead atoms. The fourth-order valence-corrected chi connectivity index (χ4v) is 1.62. The molecule has 92 valence electrons. The number of anilines is 1. The zero-order chi connectivity index (χ0) is 12.9. The Labute approximate surface area is 101 Å². The maximum Gasteiger partial charge on any atom is 0.301 e. The van der Waals surface area contributed by atoms with Gasteiger partial charge in [-0.1, -0.05) is 11.8 Å². The van der Waals surface area contributed by atoms with E-state index in [9.17, 15) is 8.42 Å². The van der Waals surface area contributed by atoms with Gasteiger partial charge in [-0.3, -0.25) is 4.72 Å². The molecule has 0 saturated heterocycles. The summed E-state index contributed by atoms with van der Waals surface area (Å²) in [5.41, 5.74) is 1.18. The van der Waals surface area contributed by atoms with Crippen LogP contribution in [0.2, 0.25) is 0 Å². The second-order valence-corrected chi connectivity index (χ2v) is 5.31. The average Bonchev–Trinajstić information content (AvgIpc) is 2.27. The van der Waals surface area contributed by atoms with Crippen molar-refractivity contribution < 1.29 is 13.5 Å². The highest BCUT2D eigenvalue weighted by atomic mass is 32.2. The SMILES string of the molecule is CN(C)S(=O)(=O)Nc1ccc(C#CCO)cc1. The first kappa shape index (κ1) is 13.5. The Kier molecular flexibility index (Phi) is 4.52. The van der Waals surface area contributed by atoms with Gasteiger partial charge in [-0.05, 0) is 24.3 Å². The van der Waals surface area contributed by atoms with Gasteiger partial charge in [0.05, 0.1) is 0 Å². The largest absolute Gasteiger partial charge is 0.384 e. The van der Waals surface area contributed by atoms with Gasteiger partial charge in [0.15, 0.2) is 0 Å². The van der Waals surface area contributed by atoms with Gasteiger partial charge in [-0.15, -0.1) is 0 Å². The van der Waals surface area contributed by atoms with Crippen molar-refractivity contribution in [1.29, 1.82) is 0 Å². The monoisotopic (exact) mass is 254 g/mol. The Morgan fingerprint density at radius 1 is 1.29 bits per heavy atom. The van der Waals surface area contributed by atoms with Gasteiger partial charge >= 0.3 is 10.2 Å². The summed E-state index contributed by atoms with van der Waals surface area (Å²) in [6.07, 6.45) is 0. The summed E-state index contributed by atoms with van der Waals surface area (Å²) in [6, 6.07) is 6.58. The minimum absolute atomic E-state index is 0.199. The Hall–Kier alpha value is -1.55. The summed E-state index contributed by atoms with van der Waals surface area (Å²) in [6.45, 7) is -0.199. The van der Waals surface area contributed by atoms with Crippen LogP contribution in [-0.2, 0) is 10.2 Å². The normalized spacial score (nSPS) is 10.8. The molecule has 0 radical (unpaired) electrons. The number of hydrogen-bond donors (Lipinski definition) is 2. The molecule has 1 rings (SSSR count). The van der Waals surface area contributed by atoms with Crippen LogP contribution >= 0.6 is 0 Å². The number of rotatable bonds is 3. The fourth-order valence-electron chi connectivity index (χ4n) is 1.00. The van der Waals surface area contributed by atoms with Crippen molar-refractivity contribution in [3.05, 3.63) is 29.8 Å². The third-order valence-electron chi connectivity index (χ3n) is 1.92. The molecule has 0 fully saturated rings. The van der Waals surface area contributed by atoms with E-state index in [1.165, 1.54) is 14.1 Å². The molecule has 0 aliphatic carbocycles. The molecule has 2 N–H and O–H groups in total. The summed E-state index contributed by atoms with van der Waals surface area (Å²) in [4.78, 5) is 0. The van der Waals surface area contributed by atoms with Crippen LogP contribution in [0.4, 0.5) is 5.69 Å². The van der Waals surface area contributed by atoms with E-state index in [4.69, 9.17) is 5.11 Å². The standard InChI is InChI=1S/C11H14N2O3S/c1-13(2)17(15,16)12-11-7-5-10(6-8-11)4-3-9-14/h5-8,12,14H,9H2,1-2H3. The van der Waals surface area contributed by atoms with Crippen LogP contribution in [0.25, 0.3) is 0 Å². The number of hydrogen-bond acceptors (Lipinski definition) is 3. The first-order valence-corrected chi connectivity index (χ1v) is 6.30. The summed E-state index contributed by atoms with van der Waals surface area (Å²) in [5.74, 6) is 5.23. The van der Waals surface area contributed by atoms with Crippen LogP contribution in [0.5, 0.6) is 0 Å². The second-order valence-electron chi connectivity index (χ2n) is 3.43. The molecule has 0 unspecified atom stereocenters. The van der Waals surface area contributed by atoms with Gasteiger partial charge in [-0.25, -0.2) is 0 Å². The molecule has 17 heavy (non-hydrogen) atoms. The Bertz CT molecular complexity index is 524. The number of nitrogens with one attached hydrogen (secondary N) is 1. The zero-order valence-electron chi connectivity index (χ0n) is 9.64. The molecule has 1 aromatic rings. The summed E-state index contributed by atoms with van der Waals surface area (Å²) in [5, 5.41) is 8.53. The van der Waals surface area contributed by atoms with Crippen LogP contribution in [0.1, 0.15) is 5.56 Å². The first-order chi connectivity index (χ1) is 7.95. The number of aliphatic hydroxyl groups excluding tert-OH is 1. The zero-order valence-corrected chi connectivity index (χ0v) is 10.5. The quantitative estimate of drug-likeness (QED) is 0.760. The minimum Gasteiger partial charge on any atom is -0.384 e. The van der Waals surface area contributed by atoms with Gasteiger partial charge in [-0.2, -0.15) is 12.7 Å². The molecule has 0 atom stereocenters. The average molecular weight is 254 g/mol. The molecular formula is C11H14N2O3S. The lowest BCUT2D eigenvalue weighted by Crippen LogP contribution is -2.28. The molecule has 0 aliphatic heterocycles. The third-order valence-corrected chi connectivity index (χ3v) is 3.38. The van der Waals surface area contributed by atoms with Gasteiger partial charge in [0.1, 0.15) is 6.61 Å². The highest BCUT2D eigenvalue weighted by Crippen LogP contribution is 2.11. The van der Waals surface area contributed by atoms with Crippen LogP contribution in [0.3, 0.4) is 0 Å². The summed E-state index contributed by atoms with van der Waals surface area (Å²) >= 11 is 0. The van der Waals surface area contributed by atoms with Crippen LogP contribution < -0.4 is 4.72 Å². The third kappa shape index (κ3) is 4.07. The van der Waals surface area contributed by atoms with Gasteiger partial charge < -0.3 is 5.11 Å².